The van der Waals surface area contributed by atoms with Crippen molar-refractivity contribution < 1.29 is 4.74 Å². The van der Waals surface area contributed by atoms with E-state index < -0.39 is 0 Å². The SMILES string of the molecule is CCCCNC(=S)N(CCN1CCOCC1)Cc1cc2cc(C)c(C)cc2[nH]c1=O. The van der Waals surface area contributed by atoms with Crippen LogP contribution >= 0.6 is 12.2 Å². The molecule has 0 atom stereocenters. The van der Waals surface area contributed by atoms with Gasteiger partial charge in [-0.3, -0.25) is 9.69 Å². The first-order valence-corrected chi connectivity index (χ1v) is 11.3. The Kier molecular flexibility index (Phi) is 8.24. The second-order valence-electron chi connectivity index (χ2n) is 8.11. The summed E-state index contributed by atoms with van der Waals surface area (Å²) in [6, 6.07) is 6.19. The molecule has 1 aliphatic rings. The van der Waals surface area contributed by atoms with Gasteiger partial charge in [0.2, 0.25) is 0 Å². The largest absolute Gasteiger partial charge is 0.379 e. The highest BCUT2D eigenvalue weighted by molar-refractivity contribution is 7.80. The first-order valence-electron chi connectivity index (χ1n) is 10.9. The van der Waals surface area contributed by atoms with Gasteiger partial charge in [-0.25, -0.2) is 0 Å². The first-order chi connectivity index (χ1) is 14.5. The van der Waals surface area contributed by atoms with Gasteiger partial charge in [0.1, 0.15) is 0 Å². The highest BCUT2D eigenvalue weighted by Crippen LogP contribution is 2.18. The number of thiocarbonyl (C=S) groups is 1. The molecule has 2 heterocycles. The summed E-state index contributed by atoms with van der Waals surface area (Å²) in [6.07, 6.45) is 2.19. The molecule has 2 aromatic rings. The summed E-state index contributed by atoms with van der Waals surface area (Å²) in [5.41, 5.74) is 3.99. The molecule has 1 saturated heterocycles. The van der Waals surface area contributed by atoms with E-state index in [9.17, 15) is 4.79 Å². The van der Waals surface area contributed by atoms with Gasteiger partial charge in [-0.05, 0) is 67.2 Å². The van der Waals surface area contributed by atoms with Crippen molar-refractivity contribution in [3.63, 3.8) is 0 Å². The van der Waals surface area contributed by atoms with E-state index in [4.69, 9.17) is 17.0 Å². The molecule has 0 aliphatic carbocycles. The number of morpholine rings is 1. The van der Waals surface area contributed by atoms with Crippen molar-refractivity contribution in [2.75, 3.05) is 45.9 Å². The highest BCUT2D eigenvalue weighted by atomic mass is 32.1. The maximum Gasteiger partial charge on any atom is 0.253 e. The normalized spacial score (nSPS) is 14.8. The number of nitrogens with zero attached hydrogens (tertiary/aromatic N) is 2. The van der Waals surface area contributed by atoms with Crippen LogP contribution in [0.2, 0.25) is 0 Å². The fourth-order valence-electron chi connectivity index (χ4n) is 3.67. The zero-order chi connectivity index (χ0) is 21.5. The molecular weight excluding hydrogens is 396 g/mol. The molecule has 2 N–H and O–H groups in total. The number of hydrogen-bond donors (Lipinski definition) is 2. The van der Waals surface area contributed by atoms with Gasteiger partial charge in [0.05, 0.1) is 19.8 Å². The van der Waals surface area contributed by atoms with E-state index in [0.717, 1.165) is 80.4 Å². The number of nitrogens with one attached hydrogen (secondary N) is 2. The van der Waals surface area contributed by atoms with Crippen molar-refractivity contribution >= 4 is 28.2 Å². The molecule has 0 spiro atoms. The number of aryl methyl sites for hydroxylation is 2. The Hall–Kier alpha value is -1.96. The van der Waals surface area contributed by atoms with Gasteiger partial charge in [-0.15, -0.1) is 0 Å². The van der Waals surface area contributed by atoms with E-state index in [0.29, 0.717) is 6.54 Å². The van der Waals surface area contributed by atoms with Gasteiger partial charge in [0.25, 0.3) is 5.56 Å². The number of benzene rings is 1. The fraction of sp³-hybridized carbons (Fsp3) is 0.565. The lowest BCUT2D eigenvalue weighted by Gasteiger charge is -2.31. The molecule has 0 bridgehead atoms. The van der Waals surface area contributed by atoms with Gasteiger partial charge < -0.3 is 19.9 Å². The summed E-state index contributed by atoms with van der Waals surface area (Å²) in [5, 5.41) is 5.15. The van der Waals surface area contributed by atoms with E-state index in [1.807, 2.05) is 12.1 Å². The number of pyridine rings is 1. The standard InChI is InChI=1S/C23H34N4O2S/c1-4-5-6-24-23(30)27(8-7-26-9-11-29-12-10-26)16-20-15-19-13-17(2)18(3)14-21(19)25-22(20)28/h13-15H,4-12,16H2,1-3H3,(H,24,30)(H,25,28). The third-order valence-corrected chi connectivity index (χ3v) is 6.18. The molecule has 1 fully saturated rings. The predicted molar refractivity (Wildman–Crippen MR) is 127 cm³/mol. The summed E-state index contributed by atoms with van der Waals surface area (Å²) < 4.78 is 5.45. The summed E-state index contributed by atoms with van der Waals surface area (Å²) >= 11 is 5.69. The minimum Gasteiger partial charge on any atom is -0.379 e. The third kappa shape index (κ3) is 6.03. The number of fused-ring (bicyclic) bond motifs is 1. The van der Waals surface area contributed by atoms with E-state index >= 15 is 0 Å². The van der Waals surface area contributed by atoms with E-state index in [2.05, 4.69) is 46.9 Å². The maximum atomic E-state index is 12.8. The number of rotatable bonds is 8. The molecule has 0 saturated carbocycles. The Morgan fingerprint density at radius 3 is 2.70 bits per heavy atom. The molecule has 7 heteroatoms. The van der Waals surface area contributed by atoms with E-state index in [1.165, 1.54) is 11.1 Å². The zero-order valence-electron chi connectivity index (χ0n) is 18.4. The molecule has 164 valence electrons. The quantitative estimate of drug-likeness (QED) is 0.496. The smallest absolute Gasteiger partial charge is 0.253 e. The Balaban J connectivity index is 1.77. The molecule has 6 nitrogen and oxygen atoms in total. The van der Waals surface area contributed by atoms with Crippen molar-refractivity contribution in [2.24, 2.45) is 0 Å². The van der Waals surface area contributed by atoms with Crippen LogP contribution in [0.4, 0.5) is 0 Å². The third-order valence-electron chi connectivity index (χ3n) is 5.78. The Labute approximate surface area is 184 Å². The van der Waals surface area contributed by atoms with Gasteiger partial charge in [0.15, 0.2) is 5.11 Å². The lowest BCUT2D eigenvalue weighted by atomic mass is 10.0. The Morgan fingerprint density at radius 1 is 1.23 bits per heavy atom. The first kappa shape index (κ1) is 22.7. The molecule has 1 aromatic carbocycles. The molecule has 1 aliphatic heterocycles. The maximum absolute atomic E-state index is 12.8. The van der Waals surface area contributed by atoms with E-state index in [1.54, 1.807) is 0 Å². The second kappa shape index (κ2) is 10.9. The van der Waals surface area contributed by atoms with Crippen LogP contribution in [0.3, 0.4) is 0 Å². The van der Waals surface area contributed by atoms with Crippen LogP contribution in [0.15, 0.2) is 23.0 Å². The molecule has 0 unspecified atom stereocenters. The van der Waals surface area contributed by atoms with Crippen LogP contribution in [0, 0.1) is 13.8 Å². The summed E-state index contributed by atoms with van der Waals surface area (Å²) in [5.74, 6) is 0. The average Bonchev–Trinajstić information content (AvgIpc) is 2.73. The van der Waals surface area contributed by atoms with E-state index in [-0.39, 0.29) is 5.56 Å². The van der Waals surface area contributed by atoms with Crippen LogP contribution in [0.1, 0.15) is 36.5 Å². The Bertz CT molecular complexity index is 921. The van der Waals surface area contributed by atoms with Gasteiger partial charge >= 0.3 is 0 Å². The van der Waals surface area contributed by atoms with Gasteiger partial charge in [0, 0.05) is 43.8 Å². The monoisotopic (exact) mass is 430 g/mol. The van der Waals surface area contributed by atoms with Crippen molar-refractivity contribution in [3.8, 4) is 0 Å². The minimum absolute atomic E-state index is 0.0431. The van der Waals surface area contributed by atoms with Crippen LogP contribution in [-0.4, -0.2) is 65.8 Å². The second-order valence-corrected chi connectivity index (χ2v) is 8.50. The number of ether oxygens (including phenoxy) is 1. The summed E-state index contributed by atoms with van der Waals surface area (Å²) in [4.78, 5) is 20.4. The number of unbranched alkanes of at least 4 members (excludes halogenated alkanes) is 1. The van der Waals surface area contributed by atoms with Crippen molar-refractivity contribution in [3.05, 3.63) is 45.2 Å². The molecule has 0 amide bonds. The number of aromatic nitrogens is 1. The highest BCUT2D eigenvalue weighted by Gasteiger charge is 2.16. The fourth-order valence-corrected chi connectivity index (χ4v) is 3.93. The van der Waals surface area contributed by atoms with Crippen LogP contribution in [0.25, 0.3) is 10.9 Å². The topological polar surface area (TPSA) is 60.6 Å². The summed E-state index contributed by atoms with van der Waals surface area (Å²) in [6.45, 7) is 12.8. The average molecular weight is 431 g/mol. The lowest BCUT2D eigenvalue weighted by Crippen LogP contribution is -2.46. The number of H-pyrrole nitrogens is 1. The molecule has 30 heavy (non-hydrogen) atoms. The Morgan fingerprint density at radius 2 is 1.97 bits per heavy atom. The minimum atomic E-state index is -0.0431. The van der Waals surface area contributed by atoms with Crippen molar-refractivity contribution in [1.29, 1.82) is 0 Å². The van der Waals surface area contributed by atoms with Gasteiger partial charge in [-0.2, -0.15) is 0 Å². The zero-order valence-corrected chi connectivity index (χ0v) is 19.2. The van der Waals surface area contributed by atoms with Crippen LogP contribution in [-0.2, 0) is 11.3 Å². The van der Waals surface area contributed by atoms with Crippen molar-refractivity contribution in [2.45, 2.75) is 40.2 Å². The molecule has 1 aromatic heterocycles. The molecule has 0 radical (unpaired) electrons. The molecule has 3 rings (SSSR count). The summed E-state index contributed by atoms with van der Waals surface area (Å²) in [7, 11) is 0. The number of aromatic amines is 1. The lowest BCUT2D eigenvalue weighted by molar-refractivity contribution is 0.0357. The van der Waals surface area contributed by atoms with Crippen molar-refractivity contribution in [1.82, 2.24) is 20.1 Å². The van der Waals surface area contributed by atoms with Crippen LogP contribution < -0.4 is 10.9 Å². The van der Waals surface area contributed by atoms with Crippen LogP contribution in [0.5, 0.6) is 0 Å². The predicted octanol–water partition coefficient (Wildman–Crippen LogP) is 2.95. The molecular formula is C23H34N4O2S. The van der Waals surface area contributed by atoms with Gasteiger partial charge in [-0.1, -0.05) is 13.3 Å². The number of hydrogen-bond acceptors (Lipinski definition) is 4.